The minimum Gasteiger partial charge on any atom is -0.241 e. The Bertz CT molecular complexity index is 206. The summed E-state index contributed by atoms with van der Waals surface area (Å²) >= 11 is 0. The Morgan fingerprint density at radius 3 is 1.60 bits per heavy atom. The third-order valence-corrected chi connectivity index (χ3v) is 1.66. The van der Waals surface area contributed by atoms with E-state index in [1.807, 2.05) is 0 Å². The van der Waals surface area contributed by atoms with Gasteiger partial charge in [-0.1, -0.05) is 6.92 Å². The van der Waals surface area contributed by atoms with Crippen LogP contribution in [-0.2, 0) is 0 Å². The second kappa shape index (κ2) is 4.13. The monoisotopic (exact) mass is 244 g/mol. The van der Waals surface area contributed by atoms with Crippen molar-refractivity contribution >= 4 is 0 Å². The molecule has 0 aliphatic rings. The molecule has 8 heteroatoms. The van der Waals surface area contributed by atoms with Crippen molar-refractivity contribution in [3.8, 4) is 0 Å². The Morgan fingerprint density at radius 1 is 0.933 bits per heavy atom. The average molecular weight is 244 g/mol. The van der Waals surface area contributed by atoms with Crippen molar-refractivity contribution in [3.63, 3.8) is 0 Å². The van der Waals surface area contributed by atoms with E-state index >= 15 is 0 Å². The van der Waals surface area contributed by atoms with Crippen LogP contribution < -0.4 is 0 Å². The highest BCUT2D eigenvalue weighted by atomic mass is 19.4. The van der Waals surface area contributed by atoms with E-state index in [2.05, 4.69) is 0 Å². The summed E-state index contributed by atoms with van der Waals surface area (Å²) in [7, 11) is 0. The SMILES string of the molecule is CC[C@H](F)C(F)(F)C(F)(F)CC(F)(F)F. The second-order valence-electron chi connectivity index (χ2n) is 3.00. The Balaban J connectivity index is 4.84. The molecule has 0 aliphatic heterocycles. The maximum Gasteiger partial charge on any atom is 0.395 e. The van der Waals surface area contributed by atoms with E-state index in [0.717, 1.165) is 6.92 Å². The molecular formula is C7H8F8. The Hall–Kier alpha value is -0.560. The molecular weight excluding hydrogens is 236 g/mol. The van der Waals surface area contributed by atoms with Crippen LogP contribution >= 0.6 is 0 Å². The first kappa shape index (κ1) is 14.4. The molecule has 0 radical (unpaired) electrons. The lowest BCUT2D eigenvalue weighted by Gasteiger charge is -2.29. The fourth-order valence-electron chi connectivity index (χ4n) is 0.855. The van der Waals surface area contributed by atoms with Gasteiger partial charge in [-0.05, 0) is 6.42 Å². The average Bonchev–Trinajstić information content (AvgIpc) is 1.97. The number of hydrogen-bond donors (Lipinski definition) is 0. The summed E-state index contributed by atoms with van der Waals surface area (Å²) < 4.78 is 96.8. The van der Waals surface area contributed by atoms with Gasteiger partial charge in [0.1, 0.15) is 6.42 Å². The van der Waals surface area contributed by atoms with Crippen LogP contribution in [-0.4, -0.2) is 24.2 Å². The van der Waals surface area contributed by atoms with Gasteiger partial charge in [-0.2, -0.15) is 30.7 Å². The van der Waals surface area contributed by atoms with Crippen LogP contribution in [0.5, 0.6) is 0 Å². The van der Waals surface area contributed by atoms with Gasteiger partial charge in [0.05, 0.1) is 0 Å². The summed E-state index contributed by atoms with van der Waals surface area (Å²) in [6.45, 7) is 0.836. The summed E-state index contributed by atoms with van der Waals surface area (Å²) in [5.41, 5.74) is 0. The van der Waals surface area contributed by atoms with Crippen molar-refractivity contribution in [2.24, 2.45) is 0 Å². The largest absolute Gasteiger partial charge is 0.395 e. The molecule has 0 aromatic carbocycles. The lowest BCUT2D eigenvalue weighted by molar-refractivity contribution is -0.281. The van der Waals surface area contributed by atoms with E-state index < -0.39 is 37.0 Å². The van der Waals surface area contributed by atoms with Crippen molar-refractivity contribution in [1.82, 2.24) is 0 Å². The highest BCUT2D eigenvalue weighted by Crippen LogP contribution is 2.45. The van der Waals surface area contributed by atoms with Crippen LogP contribution in [0.2, 0.25) is 0 Å². The van der Waals surface area contributed by atoms with E-state index in [4.69, 9.17) is 0 Å². The molecule has 0 aliphatic carbocycles. The van der Waals surface area contributed by atoms with E-state index in [-0.39, 0.29) is 0 Å². The summed E-state index contributed by atoms with van der Waals surface area (Å²) in [5.74, 6) is -10.7. The van der Waals surface area contributed by atoms with Crippen molar-refractivity contribution in [1.29, 1.82) is 0 Å². The molecule has 0 saturated heterocycles. The molecule has 0 N–H and O–H groups in total. The topological polar surface area (TPSA) is 0 Å². The van der Waals surface area contributed by atoms with E-state index in [9.17, 15) is 35.1 Å². The fourth-order valence-corrected chi connectivity index (χ4v) is 0.855. The van der Waals surface area contributed by atoms with Crippen LogP contribution in [0.15, 0.2) is 0 Å². The van der Waals surface area contributed by atoms with Crippen molar-refractivity contribution in [3.05, 3.63) is 0 Å². The van der Waals surface area contributed by atoms with E-state index in [1.54, 1.807) is 0 Å². The molecule has 0 bridgehead atoms. The fraction of sp³-hybridized carbons (Fsp3) is 1.00. The smallest absolute Gasteiger partial charge is 0.241 e. The van der Waals surface area contributed by atoms with Gasteiger partial charge in [0.25, 0.3) is 0 Å². The quantitative estimate of drug-likeness (QED) is 0.656. The van der Waals surface area contributed by atoms with Gasteiger partial charge in [0.2, 0.25) is 0 Å². The number of alkyl halides is 8. The van der Waals surface area contributed by atoms with Gasteiger partial charge in [-0.15, -0.1) is 0 Å². The van der Waals surface area contributed by atoms with Crippen LogP contribution in [0.1, 0.15) is 19.8 Å². The number of halogens is 8. The Kier molecular flexibility index (Phi) is 3.98. The van der Waals surface area contributed by atoms with Crippen LogP contribution in [0.4, 0.5) is 35.1 Å². The first-order valence-corrected chi connectivity index (χ1v) is 3.90. The standard InChI is InChI=1S/C7H8F8/c1-2-4(8)7(14,15)5(9,10)3-6(11,12)13/h4H,2-3H2,1H3/t4-/m0/s1. The molecule has 0 heterocycles. The first-order chi connectivity index (χ1) is 6.44. The van der Waals surface area contributed by atoms with Gasteiger partial charge in [0.15, 0.2) is 6.17 Å². The Labute approximate surface area is 80.3 Å². The van der Waals surface area contributed by atoms with Gasteiger partial charge >= 0.3 is 18.0 Å². The van der Waals surface area contributed by atoms with Gasteiger partial charge in [-0.25, -0.2) is 4.39 Å². The second-order valence-corrected chi connectivity index (χ2v) is 3.00. The van der Waals surface area contributed by atoms with Gasteiger partial charge in [-0.3, -0.25) is 0 Å². The molecule has 0 rings (SSSR count). The molecule has 92 valence electrons. The molecule has 0 amide bonds. The highest BCUT2D eigenvalue weighted by molar-refractivity contribution is 4.92. The molecule has 0 spiro atoms. The van der Waals surface area contributed by atoms with Crippen LogP contribution in [0, 0.1) is 0 Å². The predicted molar refractivity (Wildman–Crippen MR) is 35.8 cm³/mol. The van der Waals surface area contributed by atoms with E-state index in [1.165, 1.54) is 0 Å². The van der Waals surface area contributed by atoms with Crippen molar-refractivity contribution < 1.29 is 35.1 Å². The summed E-state index contributed by atoms with van der Waals surface area (Å²) in [5, 5.41) is 0. The molecule has 1 atom stereocenters. The summed E-state index contributed by atoms with van der Waals surface area (Å²) in [4.78, 5) is 0. The summed E-state index contributed by atoms with van der Waals surface area (Å²) in [6, 6.07) is 0. The third-order valence-electron chi connectivity index (χ3n) is 1.66. The van der Waals surface area contributed by atoms with Gasteiger partial charge in [0, 0.05) is 0 Å². The first-order valence-electron chi connectivity index (χ1n) is 3.90. The zero-order valence-electron chi connectivity index (χ0n) is 7.52. The maximum atomic E-state index is 12.5. The van der Waals surface area contributed by atoms with Crippen molar-refractivity contribution in [2.45, 2.75) is 44.0 Å². The molecule has 0 unspecified atom stereocenters. The van der Waals surface area contributed by atoms with Crippen LogP contribution in [0.3, 0.4) is 0 Å². The Morgan fingerprint density at radius 2 is 1.33 bits per heavy atom. The van der Waals surface area contributed by atoms with E-state index in [0.29, 0.717) is 0 Å². The number of rotatable bonds is 4. The normalized spacial score (nSPS) is 16.6. The van der Waals surface area contributed by atoms with Crippen molar-refractivity contribution in [2.75, 3.05) is 0 Å². The lowest BCUT2D eigenvalue weighted by atomic mass is 10.0. The molecule has 0 aromatic heterocycles. The van der Waals surface area contributed by atoms with Gasteiger partial charge < -0.3 is 0 Å². The minimum absolute atomic E-state index is 0.836. The minimum atomic E-state index is -5.47. The predicted octanol–water partition coefficient (Wildman–Crippen LogP) is 3.96. The number of hydrogen-bond acceptors (Lipinski definition) is 0. The zero-order chi connectivity index (χ0) is 12.5. The molecule has 0 aromatic rings. The third kappa shape index (κ3) is 3.49. The maximum absolute atomic E-state index is 12.5. The molecule has 15 heavy (non-hydrogen) atoms. The zero-order valence-corrected chi connectivity index (χ0v) is 7.52. The molecule has 0 fully saturated rings. The molecule has 0 saturated carbocycles. The highest BCUT2D eigenvalue weighted by Gasteiger charge is 2.64. The van der Waals surface area contributed by atoms with Crippen LogP contribution in [0.25, 0.3) is 0 Å². The summed E-state index contributed by atoms with van der Waals surface area (Å²) in [6.07, 6.45) is -12.8. The molecule has 0 nitrogen and oxygen atoms in total. The lowest BCUT2D eigenvalue weighted by Crippen LogP contribution is -2.49.